The second-order valence-corrected chi connectivity index (χ2v) is 8.44. The Hall–Kier alpha value is -1.73. The van der Waals surface area contributed by atoms with Gasteiger partial charge in [0, 0.05) is 23.0 Å². The molecule has 1 heterocycles. The van der Waals surface area contributed by atoms with Crippen molar-refractivity contribution in [2.75, 3.05) is 7.11 Å². The zero-order valence-corrected chi connectivity index (χ0v) is 17.1. The molecule has 1 aliphatic carbocycles. The average Bonchev–Trinajstić information content (AvgIpc) is 2.55. The number of nitrogens with one attached hydrogen (secondary N) is 1. The molecular weight excluding hydrogens is 398 g/mol. The Kier molecular flexibility index (Phi) is 5.21. The quantitative estimate of drug-likeness (QED) is 0.804. The number of methoxy groups -OCH3 is 1. The minimum absolute atomic E-state index is 0.0786. The molecule has 1 N–H and O–H groups in total. The predicted molar refractivity (Wildman–Crippen MR) is 104 cm³/mol. The fourth-order valence-corrected chi connectivity index (χ4v) is 3.84. The van der Waals surface area contributed by atoms with Gasteiger partial charge in [-0.05, 0) is 43.9 Å². The largest absolute Gasteiger partial charge is 0.378 e. The van der Waals surface area contributed by atoms with Gasteiger partial charge in [-0.25, -0.2) is 4.68 Å². The van der Waals surface area contributed by atoms with Crippen LogP contribution in [-0.2, 0) is 16.1 Å². The summed E-state index contributed by atoms with van der Waals surface area (Å²) in [5.74, 6) is -0.0651. The summed E-state index contributed by atoms with van der Waals surface area (Å²) in [5.41, 5.74) is 0.403. The van der Waals surface area contributed by atoms with Crippen molar-refractivity contribution in [2.45, 2.75) is 57.7 Å². The van der Waals surface area contributed by atoms with Gasteiger partial charge in [-0.3, -0.25) is 9.59 Å². The van der Waals surface area contributed by atoms with Gasteiger partial charge in [0.15, 0.2) is 0 Å². The van der Waals surface area contributed by atoms with Crippen LogP contribution in [0.15, 0.2) is 27.5 Å². The van der Waals surface area contributed by atoms with Crippen molar-refractivity contribution >= 4 is 32.6 Å². The third kappa shape index (κ3) is 3.69. The van der Waals surface area contributed by atoms with Crippen LogP contribution in [-0.4, -0.2) is 34.4 Å². The fourth-order valence-electron chi connectivity index (χ4n) is 3.48. The number of nitrogens with zero attached hydrogens (tertiary/aromatic N) is 2. The molecule has 26 heavy (non-hydrogen) atoms. The molecule has 0 spiro atoms. The van der Waals surface area contributed by atoms with Gasteiger partial charge in [-0.2, -0.15) is 5.10 Å². The van der Waals surface area contributed by atoms with E-state index in [1.165, 1.54) is 4.68 Å². The van der Waals surface area contributed by atoms with E-state index in [2.05, 4.69) is 26.3 Å². The summed E-state index contributed by atoms with van der Waals surface area (Å²) in [5, 5.41) is 8.84. The molecule has 140 valence electrons. The van der Waals surface area contributed by atoms with Crippen LogP contribution in [0, 0.1) is 0 Å². The van der Waals surface area contributed by atoms with Gasteiger partial charge in [-0.1, -0.05) is 29.8 Å². The predicted octanol–water partition coefficient (Wildman–Crippen LogP) is 2.97. The van der Waals surface area contributed by atoms with Crippen LogP contribution >= 0.6 is 15.9 Å². The molecule has 1 aromatic carbocycles. The lowest BCUT2D eigenvalue weighted by molar-refractivity contribution is -0.127. The number of carbonyl (C=O) groups is 1. The summed E-state index contributed by atoms with van der Waals surface area (Å²) in [6.45, 7) is 6.00. The second-order valence-electron chi connectivity index (χ2n) is 7.52. The summed E-state index contributed by atoms with van der Waals surface area (Å²) in [4.78, 5) is 25.1. The molecule has 6 nitrogen and oxygen atoms in total. The third-order valence-corrected chi connectivity index (χ3v) is 5.50. The number of benzene rings is 1. The number of aromatic nitrogens is 2. The molecule has 0 unspecified atom stereocenters. The Morgan fingerprint density at radius 3 is 2.73 bits per heavy atom. The van der Waals surface area contributed by atoms with E-state index >= 15 is 0 Å². The van der Waals surface area contributed by atoms with Crippen LogP contribution in [0.25, 0.3) is 10.8 Å². The molecule has 3 rings (SSSR count). The molecule has 2 aromatic rings. The highest BCUT2D eigenvalue weighted by molar-refractivity contribution is 9.10. The van der Waals surface area contributed by atoms with Gasteiger partial charge < -0.3 is 10.1 Å². The first-order valence-electron chi connectivity index (χ1n) is 8.77. The van der Waals surface area contributed by atoms with Crippen LogP contribution < -0.4 is 10.9 Å². The molecule has 7 heteroatoms. The fraction of sp³-hybridized carbons (Fsp3) is 0.526. The van der Waals surface area contributed by atoms with Gasteiger partial charge in [0.2, 0.25) is 5.91 Å². The molecule has 0 atom stereocenters. The number of rotatable bonds is 5. The molecular formula is C19H24BrN3O3. The molecule has 1 fully saturated rings. The third-order valence-electron chi connectivity index (χ3n) is 5.01. The van der Waals surface area contributed by atoms with Gasteiger partial charge in [0.05, 0.1) is 16.7 Å². The van der Waals surface area contributed by atoms with Crippen LogP contribution in [0.3, 0.4) is 0 Å². The Morgan fingerprint density at radius 1 is 1.42 bits per heavy atom. The van der Waals surface area contributed by atoms with E-state index in [1.807, 2.05) is 32.9 Å². The van der Waals surface area contributed by atoms with E-state index in [1.54, 1.807) is 13.2 Å². The number of carbonyl (C=O) groups excluding carboxylic acids is 1. The number of hydrogen-bond acceptors (Lipinski definition) is 4. The monoisotopic (exact) mass is 421 g/mol. The van der Waals surface area contributed by atoms with E-state index in [9.17, 15) is 9.59 Å². The van der Waals surface area contributed by atoms with E-state index < -0.39 is 0 Å². The minimum Gasteiger partial charge on any atom is -0.378 e. The lowest BCUT2D eigenvalue weighted by atomic mass is 9.77. The summed E-state index contributed by atoms with van der Waals surface area (Å²) in [6, 6.07) is 5.60. The zero-order valence-electron chi connectivity index (χ0n) is 15.5. The summed E-state index contributed by atoms with van der Waals surface area (Å²) < 4.78 is 7.57. The van der Waals surface area contributed by atoms with Crippen molar-refractivity contribution < 1.29 is 9.53 Å². The molecule has 1 aromatic heterocycles. The first-order chi connectivity index (χ1) is 12.2. The standard InChI is InChI=1S/C19H24BrN3O3/c1-11(2)17-15-7-12(20)5-6-14(15)18(25)23(22-17)10-16(24)21-13-8-19(3,9-13)26-4/h5-7,11,13H,8-10H2,1-4H3,(H,21,24). The Morgan fingerprint density at radius 2 is 2.12 bits per heavy atom. The van der Waals surface area contributed by atoms with Gasteiger partial charge in [-0.15, -0.1) is 0 Å². The van der Waals surface area contributed by atoms with Crippen LogP contribution in [0.2, 0.25) is 0 Å². The van der Waals surface area contributed by atoms with Crippen LogP contribution in [0.1, 0.15) is 45.2 Å². The van der Waals surface area contributed by atoms with E-state index in [-0.39, 0.29) is 35.6 Å². The highest BCUT2D eigenvalue weighted by Gasteiger charge is 2.41. The van der Waals surface area contributed by atoms with Crippen molar-refractivity contribution in [3.63, 3.8) is 0 Å². The van der Waals surface area contributed by atoms with E-state index in [4.69, 9.17) is 4.74 Å². The summed E-state index contributed by atoms with van der Waals surface area (Å²) in [7, 11) is 1.68. The van der Waals surface area contributed by atoms with Crippen molar-refractivity contribution in [3.8, 4) is 0 Å². The SMILES string of the molecule is COC1(C)CC(NC(=O)Cn2nc(C(C)C)c3cc(Br)ccc3c2=O)C1. The van der Waals surface area contributed by atoms with Crippen LogP contribution in [0.5, 0.6) is 0 Å². The molecule has 0 saturated heterocycles. The molecule has 1 saturated carbocycles. The number of hydrogen-bond donors (Lipinski definition) is 1. The average molecular weight is 422 g/mol. The molecule has 0 radical (unpaired) electrons. The maximum absolute atomic E-state index is 12.8. The van der Waals surface area contributed by atoms with Crippen molar-refractivity contribution in [2.24, 2.45) is 0 Å². The molecule has 1 aliphatic rings. The second kappa shape index (κ2) is 7.12. The Bertz CT molecular complexity index is 901. The zero-order chi connectivity index (χ0) is 19.1. The normalized spacial score (nSPS) is 22.5. The first-order valence-corrected chi connectivity index (χ1v) is 9.56. The highest BCUT2D eigenvalue weighted by atomic mass is 79.9. The lowest BCUT2D eigenvalue weighted by Gasteiger charge is -2.44. The molecule has 1 amide bonds. The number of amides is 1. The van der Waals surface area contributed by atoms with Gasteiger partial charge >= 0.3 is 0 Å². The molecule has 0 aliphatic heterocycles. The summed E-state index contributed by atoms with van der Waals surface area (Å²) >= 11 is 3.44. The van der Waals surface area contributed by atoms with Crippen molar-refractivity contribution in [1.29, 1.82) is 0 Å². The van der Waals surface area contributed by atoms with E-state index in [0.29, 0.717) is 5.39 Å². The van der Waals surface area contributed by atoms with E-state index in [0.717, 1.165) is 28.4 Å². The lowest BCUT2D eigenvalue weighted by Crippen LogP contribution is -2.55. The maximum atomic E-state index is 12.8. The van der Waals surface area contributed by atoms with Crippen LogP contribution in [0.4, 0.5) is 0 Å². The smallest absolute Gasteiger partial charge is 0.275 e. The number of ether oxygens (including phenoxy) is 1. The number of halogens is 1. The van der Waals surface area contributed by atoms with Crippen molar-refractivity contribution in [1.82, 2.24) is 15.1 Å². The van der Waals surface area contributed by atoms with Crippen molar-refractivity contribution in [3.05, 3.63) is 38.7 Å². The maximum Gasteiger partial charge on any atom is 0.275 e. The summed E-state index contributed by atoms with van der Waals surface area (Å²) in [6.07, 6.45) is 1.56. The molecule has 0 bridgehead atoms. The topological polar surface area (TPSA) is 73.2 Å². The highest BCUT2D eigenvalue weighted by Crippen LogP contribution is 2.34. The first kappa shape index (κ1) is 19.0. The van der Waals surface area contributed by atoms with Gasteiger partial charge in [0.1, 0.15) is 6.54 Å². The Balaban J connectivity index is 1.84. The number of fused-ring (bicyclic) bond motifs is 1. The minimum atomic E-state index is -0.248. The Labute approximate surface area is 161 Å². The van der Waals surface area contributed by atoms with Gasteiger partial charge in [0.25, 0.3) is 5.56 Å².